The number of nitrogens with one attached hydrogen (secondary N) is 1. The minimum Gasteiger partial charge on any atom is -0.495 e. The van der Waals surface area contributed by atoms with Crippen LogP contribution < -0.4 is 9.46 Å². The number of hydrogen-bond donors (Lipinski definition) is 1. The fourth-order valence-corrected chi connectivity index (χ4v) is 3.46. The maximum atomic E-state index is 12.3. The van der Waals surface area contributed by atoms with Crippen molar-refractivity contribution >= 4 is 31.9 Å². The standard InChI is InChI=1S/C13H19BrN2O4S/c1-4-16(5-2)13(17)9-15-21(18,19)12-8-10(14)6-7-11(12)20-3/h6-8,15H,4-5,9H2,1-3H3. The first-order chi connectivity index (χ1) is 9.85. The third-order valence-corrected chi connectivity index (χ3v) is 4.86. The maximum absolute atomic E-state index is 12.3. The highest BCUT2D eigenvalue weighted by Crippen LogP contribution is 2.26. The fraction of sp³-hybridized carbons (Fsp3) is 0.462. The number of methoxy groups -OCH3 is 1. The number of ether oxygens (including phenoxy) is 1. The van der Waals surface area contributed by atoms with Crippen molar-refractivity contribution in [1.82, 2.24) is 9.62 Å². The topological polar surface area (TPSA) is 75.7 Å². The molecule has 0 heterocycles. The van der Waals surface area contributed by atoms with Gasteiger partial charge in [-0.2, -0.15) is 0 Å². The maximum Gasteiger partial charge on any atom is 0.244 e. The number of sulfonamides is 1. The van der Waals surface area contributed by atoms with Crippen molar-refractivity contribution in [1.29, 1.82) is 0 Å². The molecule has 21 heavy (non-hydrogen) atoms. The van der Waals surface area contributed by atoms with Gasteiger partial charge in [-0.05, 0) is 32.0 Å². The van der Waals surface area contributed by atoms with Crippen molar-refractivity contribution < 1.29 is 17.9 Å². The number of amides is 1. The molecule has 0 spiro atoms. The third kappa shape index (κ3) is 4.69. The molecule has 0 atom stereocenters. The van der Waals surface area contributed by atoms with E-state index in [0.717, 1.165) is 0 Å². The van der Waals surface area contributed by atoms with E-state index in [1.54, 1.807) is 17.0 Å². The predicted octanol–water partition coefficient (Wildman–Crippen LogP) is 1.60. The van der Waals surface area contributed by atoms with Gasteiger partial charge in [0.15, 0.2) is 0 Å². The summed E-state index contributed by atoms with van der Waals surface area (Å²) >= 11 is 3.22. The third-order valence-electron chi connectivity index (χ3n) is 2.94. The fourth-order valence-electron chi connectivity index (χ4n) is 1.78. The Morgan fingerprint density at radius 1 is 1.33 bits per heavy atom. The summed E-state index contributed by atoms with van der Waals surface area (Å²) < 4.78 is 32.5. The van der Waals surface area contributed by atoms with E-state index in [1.807, 2.05) is 13.8 Å². The van der Waals surface area contributed by atoms with Crippen molar-refractivity contribution in [2.75, 3.05) is 26.7 Å². The largest absolute Gasteiger partial charge is 0.495 e. The predicted molar refractivity (Wildman–Crippen MR) is 83.8 cm³/mol. The first-order valence-electron chi connectivity index (χ1n) is 6.46. The van der Waals surface area contributed by atoms with E-state index in [9.17, 15) is 13.2 Å². The molecule has 0 bridgehead atoms. The van der Waals surface area contributed by atoms with E-state index in [2.05, 4.69) is 20.7 Å². The molecule has 8 heteroatoms. The number of carbonyl (C=O) groups is 1. The molecule has 0 saturated carbocycles. The van der Waals surface area contributed by atoms with E-state index in [-0.39, 0.29) is 23.1 Å². The van der Waals surface area contributed by atoms with Crippen molar-refractivity contribution in [3.63, 3.8) is 0 Å². The molecule has 1 N–H and O–H groups in total. The van der Waals surface area contributed by atoms with Crippen molar-refractivity contribution in [3.8, 4) is 5.75 Å². The van der Waals surface area contributed by atoms with Gasteiger partial charge in [-0.15, -0.1) is 0 Å². The lowest BCUT2D eigenvalue weighted by Gasteiger charge is -2.19. The number of rotatable bonds is 7. The van der Waals surface area contributed by atoms with E-state index in [0.29, 0.717) is 17.6 Å². The molecular formula is C13H19BrN2O4S. The van der Waals surface area contributed by atoms with E-state index >= 15 is 0 Å². The minimum atomic E-state index is -3.82. The zero-order valence-corrected chi connectivity index (χ0v) is 14.6. The van der Waals surface area contributed by atoms with Gasteiger partial charge < -0.3 is 9.64 Å². The summed E-state index contributed by atoms with van der Waals surface area (Å²) in [4.78, 5) is 13.4. The molecule has 1 amide bonds. The highest BCUT2D eigenvalue weighted by Gasteiger charge is 2.21. The van der Waals surface area contributed by atoms with E-state index in [1.165, 1.54) is 13.2 Å². The second-order valence-electron chi connectivity index (χ2n) is 4.19. The second kappa shape index (κ2) is 7.77. The smallest absolute Gasteiger partial charge is 0.244 e. The molecule has 0 unspecified atom stereocenters. The van der Waals surface area contributed by atoms with Gasteiger partial charge in [-0.1, -0.05) is 15.9 Å². The van der Waals surface area contributed by atoms with Gasteiger partial charge in [0.05, 0.1) is 13.7 Å². The summed E-state index contributed by atoms with van der Waals surface area (Å²) in [6.07, 6.45) is 0. The minimum absolute atomic E-state index is 0.00766. The Hall–Kier alpha value is -1.12. The van der Waals surface area contributed by atoms with Crippen LogP contribution in [0.1, 0.15) is 13.8 Å². The van der Waals surface area contributed by atoms with Crippen LogP contribution in [0, 0.1) is 0 Å². The number of halogens is 1. The van der Waals surface area contributed by atoms with E-state index in [4.69, 9.17) is 4.74 Å². The molecule has 0 fully saturated rings. The Bertz CT molecular complexity index is 600. The number of nitrogens with zero attached hydrogens (tertiary/aromatic N) is 1. The molecule has 6 nitrogen and oxygen atoms in total. The lowest BCUT2D eigenvalue weighted by atomic mass is 10.3. The first kappa shape index (κ1) is 17.9. The van der Waals surface area contributed by atoms with Crippen molar-refractivity contribution in [2.24, 2.45) is 0 Å². The Morgan fingerprint density at radius 3 is 2.48 bits per heavy atom. The van der Waals surface area contributed by atoms with Crippen LogP contribution in [0.3, 0.4) is 0 Å². The van der Waals surface area contributed by atoms with Crippen LogP contribution in [0.2, 0.25) is 0 Å². The lowest BCUT2D eigenvalue weighted by Crippen LogP contribution is -2.40. The second-order valence-corrected chi connectivity index (χ2v) is 6.84. The summed E-state index contributed by atoms with van der Waals surface area (Å²) in [5.41, 5.74) is 0. The average Bonchev–Trinajstić information content (AvgIpc) is 2.46. The highest BCUT2D eigenvalue weighted by molar-refractivity contribution is 9.10. The molecular weight excluding hydrogens is 360 g/mol. The van der Waals surface area contributed by atoms with Crippen LogP contribution in [0.25, 0.3) is 0 Å². The quantitative estimate of drug-likeness (QED) is 0.781. The number of benzene rings is 1. The van der Waals surface area contributed by atoms with Crippen LogP contribution in [0.15, 0.2) is 27.6 Å². The van der Waals surface area contributed by atoms with Gasteiger partial charge in [0.25, 0.3) is 0 Å². The molecule has 118 valence electrons. The summed E-state index contributed by atoms with van der Waals surface area (Å²) in [5.74, 6) is -0.0430. The monoisotopic (exact) mass is 378 g/mol. The van der Waals surface area contributed by atoms with Gasteiger partial charge in [-0.3, -0.25) is 4.79 Å². The van der Waals surface area contributed by atoms with Gasteiger partial charge in [0.2, 0.25) is 15.9 Å². The van der Waals surface area contributed by atoms with Crippen molar-refractivity contribution in [3.05, 3.63) is 22.7 Å². The zero-order chi connectivity index (χ0) is 16.0. The Kier molecular flexibility index (Phi) is 6.63. The van der Waals surface area contributed by atoms with Crippen LogP contribution in [-0.2, 0) is 14.8 Å². The average molecular weight is 379 g/mol. The van der Waals surface area contributed by atoms with Crippen LogP contribution in [0.5, 0.6) is 5.75 Å². The SMILES string of the molecule is CCN(CC)C(=O)CNS(=O)(=O)c1cc(Br)ccc1OC. The molecule has 1 rings (SSSR count). The molecule has 0 aliphatic carbocycles. The normalized spacial score (nSPS) is 11.2. The molecule has 1 aromatic rings. The number of likely N-dealkylation sites (N-methyl/N-ethyl adjacent to an activating group) is 1. The Balaban J connectivity index is 2.92. The Labute approximate surface area is 133 Å². The highest BCUT2D eigenvalue weighted by atomic mass is 79.9. The zero-order valence-electron chi connectivity index (χ0n) is 12.2. The summed E-state index contributed by atoms with van der Waals surface area (Å²) in [6, 6.07) is 4.66. The molecule has 0 aliphatic heterocycles. The van der Waals surface area contributed by atoms with E-state index < -0.39 is 10.0 Å². The van der Waals surface area contributed by atoms with Crippen LogP contribution in [0.4, 0.5) is 0 Å². The van der Waals surface area contributed by atoms with Crippen LogP contribution in [-0.4, -0.2) is 46.0 Å². The van der Waals surface area contributed by atoms with Crippen LogP contribution >= 0.6 is 15.9 Å². The molecule has 0 saturated heterocycles. The molecule has 0 aromatic heterocycles. The summed E-state index contributed by atoms with van der Waals surface area (Å²) in [7, 11) is -2.43. The van der Waals surface area contributed by atoms with Crippen molar-refractivity contribution in [2.45, 2.75) is 18.7 Å². The Morgan fingerprint density at radius 2 is 1.95 bits per heavy atom. The number of carbonyl (C=O) groups excluding carboxylic acids is 1. The summed E-state index contributed by atoms with van der Waals surface area (Å²) in [6.45, 7) is 4.48. The molecule has 1 aromatic carbocycles. The van der Waals surface area contributed by atoms with Gasteiger partial charge in [0, 0.05) is 17.6 Å². The lowest BCUT2D eigenvalue weighted by molar-refractivity contribution is -0.129. The number of hydrogen-bond acceptors (Lipinski definition) is 4. The van der Waals surface area contributed by atoms with Gasteiger partial charge in [0.1, 0.15) is 10.6 Å². The van der Waals surface area contributed by atoms with Gasteiger partial charge >= 0.3 is 0 Å². The molecule has 0 radical (unpaired) electrons. The first-order valence-corrected chi connectivity index (χ1v) is 8.74. The van der Waals surface area contributed by atoms with Gasteiger partial charge in [-0.25, -0.2) is 13.1 Å². The molecule has 0 aliphatic rings. The summed E-state index contributed by atoms with van der Waals surface area (Å²) in [5, 5.41) is 0.